The highest BCUT2D eigenvalue weighted by atomic mass is 15.3. The standard InChI is InChI=1S/C54H78B4N4/c1-35(2)43-23-19-24-44(36(3)4)51(43)59-31-32-60(52-45(37(5)6)25-20-26-46(52)38(7)8)57(59)55(17)56(18)58-61(53-47(39(9)10)27-21-28-48(53)40(11)12)33-34-62(58)54-49(41(13)14)29-22-30-50(54)42(15)16/h19-42H,1-18H3. The third-order valence-electron chi connectivity index (χ3n) is 14.1. The molecular weight excluding hydrogens is 748 g/mol. The normalized spacial score (nSPS) is 14.5. The van der Waals surface area contributed by atoms with E-state index in [2.05, 4.69) is 241 Å². The summed E-state index contributed by atoms with van der Waals surface area (Å²) in [4.78, 5) is 10.8. The van der Waals surface area contributed by atoms with Crippen molar-refractivity contribution in [1.29, 1.82) is 0 Å². The van der Waals surface area contributed by atoms with Crippen LogP contribution in [0.3, 0.4) is 0 Å². The SMILES string of the molecule is CB(B(C)B1N(c2c(C(C)C)cccc2C(C)C)C=CN1c1c(C(C)C)cccc1C(C)C)B1N(c2c(C(C)C)cccc2C(C)C)C=CN1c1c(C(C)C)cccc1C(C)C. The van der Waals surface area contributed by atoms with Crippen LogP contribution in [0, 0.1) is 0 Å². The highest BCUT2D eigenvalue weighted by molar-refractivity contribution is 7.66. The fraction of sp³-hybridized carbons (Fsp3) is 0.481. The first-order valence-electron chi connectivity index (χ1n) is 24.3. The van der Waals surface area contributed by atoms with Crippen molar-refractivity contribution in [2.75, 3.05) is 19.2 Å². The molecule has 2 aliphatic heterocycles. The maximum absolute atomic E-state index is 2.70. The maximum atomic E-state index is 2.70. The zero-order chi connectivity index (χ0) is 45.5. The molecule has 0 fully saturated rings. The Labute approximate surface area is 381 Å². The molecule has 0 saturated heterocycles. The lowest BCUT2D eigenvalue weighted by atomic mass is 8.84. The quantitative estimate of drug-likeness (QED) is 0.111. The maximum Gasteiger partial charge on any atom is 0.329 e. The van der Waals surface area contributed by atoms with E-state index in [-0.39, 0.29) is 26.7 Å². The van der Waals surface area contributed by atoms with Gasteiger partial charge in [-0.25, -0.2) is 0 Å². The summed E-state index contributed by atoms with van der Waals surface area (Å²) in [7, 11) is 0. The van der Waals surface area contributed by atoms with E-state index >= 15 is 0 Å². The van der Waals surface area contributed by atoms with Gasteiger partial charge >= 0.3 is 13.7 Å². The van der Waals surface area contributed by atoms with Crippen LogP contribution in [-0.4, -0.2) is 26.7 Å². The van der Waals surface area contributed by atoms with Gasteiger partial charge < -0.3 is 19.2 Å². The van der Waals surface area contributed by atoms with Crippen molar-refractivity contribution in [1.82, 2.24) is 0 Å². The molecule has 326 valence electrons. The number of hydrogen-bond donors (Lipinski definition) is 0. The number of para-hydroxylation sites is 4. The van der Waals surface area contributed by atoms with Gasteiger partial charge in [-0.2, -0.15) is 0 Å². The van der Waals surface area contributed by atoms with Gasteiger partial charge in [0.25, 0.3) is 0 Å². The highest BCUT2D eigenvalue weighted by Gasteiger charge is 2.53. The lowest BCUT2D eigenvalue weighted by Crippen LogP contribution is -2.69. The first-order valence-corrected chi connectivity index (χ1v) is 24.3. The molecule has 0 amide bonds. The molecule has 2 aliphatic rings. The van der Waals surface area contributed by atoms with Crippen LogP contribution in [0.2, 0.25) is 13.6 Å². The molecule has 4 nitrogen and oxygen atoms in total. The molecule has 0 atom stereocenters. The largest absolute Gasteiger partial charge is 0.377 e. The van der Waals surface area contributed by atoms with Crippen molar-refractivity contribution in [3.8, 4) is 0 Å². The Morgan fingerprint density at radius 3 is 0.565 bits per heavy atom. The molecule has 0 aromatic heterocycles. The summed E-state index contributed by atoms with van der Waals surface area (Å²) in [6.45, 7) is 43.4. The van der Waals surface area contributed by atoms with Crippen LogP contribution in [0.4, 0.5) is 22.7 Å². The highest BCUT2D eigenvalue weighted by Crippen LogP contribution is 2.46. The second-order valence-corrected chi connectivity index (χ2v) is 21.1. The summed E-state index contributed by atoms with van der Waals surface area (Å²) in [5, 5.41) is 0. The second-order valence-electron chi connectivity index (χ2n) is 21.1. The Hall–Kier alpha value is -4.18. The third kappa shape index (κ3) is 8.83. The monoisotopic (exact) mass is 827 g/mol. The average molecular weight is 826 g/mol. The van der Waals surface area contributed by atoms with E-state index in [1.54, 1.807) is 0 Å². The molecule has 0 bridgehead atoms. The predicted molar refractivity (Wildman–Crippen MR) is 281 cm³/mol. The van der Waals surface area contributed by atoms with Gasteiger partial charge in [0.05, 0.1) is 0 Å². The Bertz CT molecular complexity index is 1830. The van der Waals surface area contributed by atoms with Gasteiger partial charge in [-0.15, -0.1) is 0 Å². The van der Waals surface area contributed by atoms with E-state index in [0.717, 1.165) is 0 Å². The fourth-order valence-electron chi connectivity index (χ4n) is 10.5. The van der Waals surface area contributed by atoms with E-state index in [0.29, 0.717) is 47.3 Å². The summed E-state index contributed by atoms with van der Waals surface area (Å²) in [6, 6.07) is 28.2. The Kier molecular flexibility index (Phi) is 14.7. The van der Waals surface area contributed by atoms with E-state index < -0.39 is 0 Å². The first kappa shape index (κ1) is 47.3. The lowest BCUT2D eigenvalue weighted by Gasteiger charge is -2.43. The predicted octanol–water partition coefficient (Wildman–Crippen LogP) is 15.4. The zero-order valence-electron chi connectivity index (χ0n) is 42.0. The Morgan fingerprint density at radius 1 is 0.290 bits per heavy atom. The number of rotatable bonds is 15. The molecule has 0 saturated carbocycles. The summed E-state index contributed by atoms with van der Waals surface area (Å²) in [5.74, 6) is 3.02. The van der Waals surface area contributed by atoms with Gasteiger partial charge in [0.15, 0.2) is 0 Å². The van der Waals surface area contributed by atoms with Crippen molar-refractivity contribution in [2.24, 2.45) is 0 Å². The van der Waals surface area contributed by atoms with Crippen LogP contribution in [0.15, 0.2) is 97.6 Å². The number of nitrogens with zero attached hydrogens (tertiary/aromatic N) is 4. The lowest BCUT2D eigenvalue weighted by molar-refractivity contribution is 0.831. The summed E-state index contributed by atoms with van der Waals surface area (Å²) in [5.41, 5.74) is 16.9. The molecule has 2 heterocycles. The van der Waals surface area contributed by atoms with Gasteiger partial charge in [0.1, 0.15) is 13.0 Å². The smallest absolute Gasteiger partial charge is 0.329 e. The van der Waals surface area contributed by atoms with Crippen LogP contribution in [0.5, 0.6) is 0 Å². The molecule has 0 N–H and O–H groups in total. The molecule has 0 radical (unpaired) electrons. The average Bonchev–Trinajstić information content (AvgIpc) is 3.86. The summed E-state index contributed by atoms with van der Waals surface area (Å²) >= 11 is 0. The van der Waals surface area contributed by atoms with Crippen LogP contribution >= 0.6 is 0 Å². The van der Waals surface area contributed by atoms with Crippen molar-refractivity contribution < 1.29 is 0 Å². The molecule has 0 aliphatic carbocycles. The van der Waals surface area contributed by atoms with Gasteiger partial charge in [0, 0.05) is 47.5 Å². The molecular formula is C54H78B4N4. The number of anilines is 4. The van der Waals surface area contributed by atoms with Gasteiger partial charge in [-0.05, 0) is 91.9 Å². The third-order valence-corrected chi connectivity index (χ3v) is 14.1. The van der Waals surface area contributed by atoms with Crippen molar-refractivity contribution in [3.05, 3.63) is 142 Å². The van der Waals surface area contributed by atoms with E-state index in [9.17, 15) is 0 Å². The summed E-state index contributed by atoms with van der Waals surface area (Å²) in [6.07, 6.45) is 9.72. The zero-order valence-corrected chi connectivity index (χ0v) is 42.0. The van der Waals surface area contributed by atoms with Crippen molar-refractivity contribution in [2.45, 2.75) is 172 Å². The van der Waals surface area contributed by atoms with E-state index in [1.807, 2.05) is 0 Å². The first-order chi connectivity index (χ1) is 29.3. The molecule has 4 aromatic carbocycles. The van der Waals surface area contributed by atoms with Gasteiger partial charge in [-0.3, -0.25) is 0 Å². The topological polar surface area (TPSA) is 13.0 Å². The van der Waals surface area contributed by atoms with Crippen LogP contribution in [-0.2, 0) is 0 Å². The molecule has 6 rings (SSSR count). The Morgan fingerprint density at radius 2 is 0.435 bits per heavy atom. The number of hydrogen-bond acceptors (Lipinski definition) is 4. The summed E-state index contributed by atoms with van der Waals surface area (Å²) < 4.78 is 0. The molecule has 4 aromatic rings. The molecule has 0 unspecified atom stereocenters. The van der Waals surface area contributed by atoms with Gasteiger partial charge in [0.2, 0.25) is 0 Å². The minimum atomic E-state index is 0.0268. The molecule has 62 heavy (non-hydrogen) atoms. The fourth-order valence-corrected chi connectivity index (χ4v) is 10.5. The number of benzene rings is 4. The van der Waals surface area contributed by atoms with Crippen molar-refractivity contribution in [3.63, 3.8) is 0 Å². The van der Waals surface area contributed by atoms with Crippen LogP contribution in [0.1, 0.15) is 203 Å². The molecule has 8 heteroatoms. The van der Waals surface area contributed by atoms with Gasteiger partial charge in [-0.1, -0.05) is 197 Å². The minimum Gasteiger partial charge on any atom is -0.377 e. The van der Waals surface area contributed by atoms with Crippen LogP contribution in [0.25, 0.3) is 0 Å². The van der Waals surface area contributed by atoms with Crippen molar-refractivity contribution >= 4 is 49.5 Å². The Balaban J connectivity index is 1.66. The van der Waals surface area contributed by atoms with Crippen LogP contribution < -0.4 is 19.2 Å². The van der Waals surface area contributed by atoms with E-state index in [4.69, 9.17) is 0 Å². The second kappa shape index (κ2) is 19.3. The minimum absolute atomic E-state index is 0.0268. The van der Waals surface area contributed by atoms with E-state index in [1.165, 1.54) is 67.3 Å². The molecule has 0 spiro atoms.